The molecule has 0 saturated carbocycles. The van der Waals surface area contributed by atoms with Crippen molar-refractivity contribution in [3.05, 3.63) is 18.9 Å². The molecule has 0 aliphatic carbocycles. The van der Waals surface area contributed by atoms with Crippen LogP contribution in [0.1, 0.15) is 6.23 Å². The number of anilines is 1. The standard InChI is InChI=1S/C14H16FN7O3S/c1-21-5-17-2-7(21)26-13-8-11(16)18-4-19-12(8)22(20-13)14-9(15)10(24)6(3-23)25-14/h2,4-6,9-10,14,23-24H,3H2,1H3,(H2,16,18,19)/t6-,9+,10-,14-/m1/s1. The molecule has 0 amide bonds. The molecule has 4 atom stereocenters. The number of aliphatic hydroxyl groups excluding tert-OH is 2. The molecular formula is C14H16FN7O3S. The molecule has 10 nitrogen and oxygen atoms in total. The molecular weight excluding hydrogens is 365 g/mol. The average Bonchev–Trinajstić information content (AvgIpc) is 3.27. The minimum absolute atomic E-state index is 0.193. The summed E-state index contributed by atoms with van der Waals surface area (Å²) in [5, 5.41) is 25.2. The van der Waals surface area contributed by atoms with Gasteiger partial charge in [-0.15, -0.1) is 0 Å². The van der Waals surface area contributed by atoms with Crippen LogP contribution in [-0.4, -0.2) is 64.5 Å². The van der Waals surface area contributed by atoms with Gasteiger partial charge in [-0.05, 0) is 11.8 Å². The number of hydrogen-bond donors (Lipinski definition) is 3. The molecule has 3 aromatic rings. The Labute approximate surface area is 150 Å². The molecule has 0 spiro atoms. The minimum Gasteiger partial charge on any atom is -0.394 e. The van der Waals surface area contributed by atoms with E-state index in [1.165, 1.54) is 22.8 Å². The van der Waals surface area contributed by atoms with E-state index in [-0.39, 0.29) is 11.5 Å². The first-order valence-corrected chi connectivity index (χ1v) is 8.54. The van der Waals surface area contributed by atoms with E-state index in [1.807, 2.05) is 7.05 Å². The zero-order valence-corrected chi connectivity index (χ0v) is 14.4. The van der Waals surface area contributed by atoms with Crippen molar-refractivity contribution in [3.8, 4) is 0 Å². The third kappa shape index (κ3) is 2.61. The Bertz CT molecular complexity index is 948. The number of ether oxygens (including phenoxy) is 1. The maximum absolute atomic E-state index is 14.5. The van der Waals surface area contributed by atoms with E-state index in [0.717, 1.165) is 5.03 Å². The Balaban J connectivity index is 1.81. The second kappa shape index (κ2) is 6.46. The Morgan fingerprint density at radius 3 is 2.88 bits per heavy atom. The summed E-state index contributed by atoms with van der Waals surface area (Å²) in [6.07, 6.45) is -0.970. The number of nitrogens with zero attached hydrogens (tertiary/aromatic N) is 6. The topological polar surface area (TPSA) is 137 Å². The molecule has 0 unspecified atom stereocenters. The van der Waals surface area contributed by atoms with Crippen molar-refractivity contribution in [1.29, 1.82) is 0 Å². The number of aryl methyl sites for hydroxylation is 1. The monoisotopic (exact) mass is 381 g/mol. The van der Waals surface area contributed by atoms with Crippen LogP contribution in [0.3, 0.4) is 0 Å². The van der Waals surface area contributed by atoms with Gasteiger partial charge in [0.2, 0.25) is 0 Å². The van der Waals surface area contributed by atoms with Crippen molar-refractivity contribution in [2.75, 3.05) is 12.3 Å². The average molecular weight is 381 g/mol. The lowest BCUT2D eigenvalue weighted by atomic mass is 10.1. The second-order valence-electron chi connectivity index (χ2n) is 5.83. The Morgan fingerprint density at radius 2 is 2.23 bits per heavy atom. The van der Waals surface area contributed by atoms with Crippen LogP contribution in [0.15, 0.2) is 28.9 Å². The molecule has 4 N–H and O–H groups in total. The molecule has 0 bridgehead atoms. The number of fused-ring (bicyclic) bond motifs is 1. The maximum atomic E-state index is 14.5. The predicted octanol–water partition coefficient (Wildman–Crippen LogP) is -0.118. The summed E-state index contributed by atoms with van der Waals surface area (Å²) in [5.74, 6) is 0.193. The fourth-order valence-electron chi connectivity index (χ4n) is 2.81. The van der Waals surface area contributed by atoms with Gasteiger partial charge >= 0.3 is 0 Å². The highest BCUT2D eigenvalue weighted by Gasteiger charge is 2.46. The summed E-state index contributed by atoms with van der Waals surface area (Å²) in [5.41, 5.74) is 6.27. The number of nitrogens with two attached hydrogens (primary N) is 1. The first-order valence-electron chi connectivity index (χ1n) is 7.72. The van der Waals surface area contributed by atoms with Gasteiger partial charge in [0.15, 0.2) is 18.0 Å². The van der Waals surface area contributed by atoms with Gasteiger partial charge in [0, 0.05) is 7.05 Å². The van der Waals surface area contributed by atoms with Gasteiger partial charge in [-0.3, -0.25) is 0 Å². The third-order valence-corrected chi connectivity index (χ3v) is 5.26. The maximum Gasteiger partial charge on any atom is 0.186 e. The smallest absolute Gasteiger partial charge is 0.186 e. The third-order valence-electron chi connectivity index (χ3n) is 4.17. The summed E-state index contributed by atoms with van der Waals surface area (Å²) in [6, 6.07) is 0. The van der Waals surface area contributed by atoms with Gasteiger partial charge in [-0.25, -0.2) is 24.0 Å². The van der Waals surface area contributed by atoms with Crippen molar-refractivity contribution in [2.45, 2.75) is 34.7 Å². The van der Waals surface area contributed by atoms with E-state index in [4.69, 9.17) is 10.5 Å². The zero-order valence-electron chi connectivity index (χ0n) is 13.6. The lowest BCUT2D eigenvalue weighted by molar-refractivity contribution is -0.0509. The zero-order chi connectivity index (χ0) is 18.4. The minimum atomic E-state index is -1.78. The Kier molecular flexibility index (Phi) is 4.26. The van der Waals surface area contributed by atoms with Gasteiger partial charge in [-0.1, -0.05) is 0 Å². The molecule has 138 valence electrons. The van der Waals surface area contributed by atoms with E-state index in [9.17, 15) is 14.6 Å². The molecule has 1 aliphatic heterocycles. The largest absolute Gasteiger partial charge is 0.394 e. The van der Waals surface area contributed by atoms with Crippen molar-refractivity contribution in [3.63, 3.8) is 0 Å². The van der Waals surface area contributed by atoms with E-state index in [1.54, 1.807) is 17.1 Å². The highest BCUT2D eigenvalue weighted by atomic mass is 32.2. The van der Waals surface area contributed by atoms with E-state index >= 15 is 0 Å². The quantitative estimate of drug-likeness (QED) is 0.565. The van der Waals surface area contributed by atoms with Crippen LogP contribution in [0.5, 0.6) is 0 Å². The number of aliphatic hydroxyl groups is 2. The Hall–Kier alpha value is -2.28. The molecule has 1 fully saturated rings. The number of rotatable bonds is 4. The molecule has 4 heterocycles. The van der Waals surface area contributed by atoms with Crippen molar-refractivity contribution in [2.24, 2.45) is 7.05 Å². The molecule has 0 radical (unpaired) electrons. The highest BCUT2D eigenvalue weighted by molar-refractivity contribution is 7.99. The van der Waals surface area contributed by atoms with Gasteiger partial charge in [0.05, 0.1) is 24.5 Å². The summed E-state index contributed by atoms with van der Waals surface area (Å²) < 4.78 is 23.0. The summed E-state index contributed by atoms with van der Waals surface area (Å²) in [4.78, 5) is 12.2. The molecule has 4 rings (SSSR count). The number of alkyl halides is 1. The molecule has 1 saturated heterocycles. The van der Waals surface area contributed by atoms with Crippen LogP contribution >= 0.6 is 11.8 Å². The van der Waals surface area contributed by atoms with Gasteiger partial charge in [0.1, 0.15) is 34.4 Å². The lowest BCUT2D eigenvalue weighted by Crippen LogP contribution is -2.30. The van der Waals surface area contributed by atoms with Gasteiger partial charge in [0.25, 0.3) is 0 Å². The predicted molar refractivity (Wildman–Crippen MR) is 89.0 cm³/mol. The fraction of sp³-hybridized carbons (Fsp3) is 0.429. The number of aromatic nitrogens is 6. The molecule has 3 aromatic heterocycles. The van der Waals surface area contributed by atoms with E-state index in [2.05, 4.69) is 20.1 Å². The second-order valence-corrected chi connectivity index (χ2v) is 6.84. The highest BCUT2D eigenvalue weighted by Crippen LogP contribution is 2.38. The van der Waals surface area contributed by atoms with Crippen molar-refractivity contribution < 1.29 is 19.3 Å². The van der Waals surface area contributed by atoms with Crippen LogP contribution in [0.2, 0.25) is 0 Å². The lowest BCUT2D eigenvalue weighted by Gasteiger charge is -2.13. The molecule has 0 aromatic carbocycles. The number of halogens is 1. The summed E-state index contributed by atoms with van der Waals surface area (Å²) in [6.45, 7) is -0.509. The number of nitrogen functional groups attached to an aromatic ring is 1. The van der Waals surface area contributed by atoms with E-state index < -0.39 is 31.2 Å². The SMILES string of the molecule is Cn1cncc1Sc1nn([C@@H]2O[C@H](CO)[C@@H](O)[C@@H]2F)c2ncnc(N)c12. The van der Waals surface area contributed by atoms with Gasteiger partial charge in [-0.2, -0.15) is 5.10 Å². The first-order chi connectivity index (χ1) is 12.5. The summed E-state index contributed by atoms with van der Waals surface area (Å²) >= 11 is 1.27. The molecule has 12 heteroatoms. The molecule has 1 aliphatic rings. The summed E-state index contributed by atoms with van der Waals surface area (Å²) in [7, 11) is 1.83. The number of imidazole rings is 1. The van der Waals surface area contributed by atoms with Crippen LogP contribution in [-0.2, 0) is 11.8 Å². The van der Waals surface area contributed by atoms with E-state index in [0.29, 0.717) is 10.4 Å². The van der Waals surface area contributed by atoms with Gasteiger partial charge < -0.3 is 25.3 Å². The fourth-order valence-corrected chi connectivity index (χ4v) is 3.74. The van der Waals surface area contributed by atoms with Crippen molar-refractivity contribution in [1.82, 2.24) is 29.3 Å². The van der Waals surface area contributed by atoms with Crippen LogP contribution < -0.4 is 5.73 Å². The van der Waals surface area contributed by atoms with Crippen LogP contribution in [0.25, 0.3) is 11.0 Å². The normalized spacial score (nSPS) is 26.0. The molecule has 26 heavy (non-hydrogen) atoms. The van der Waals surface area contributed by atoms with Crippen LogP contribution in [0.4, 0.5) is 10.2 Å². The Morgan fingerprint density at radius 1 is 1.42 bits per heavy atom. The number of hydrogen-bond acceptors (Lipinski definition) is 9. The first kappa shape index (κ1) is 17.1. The van der Waals surface area contributed by atoms with Crippen LogP contribution in [0, 0.1) is 0 Å². The van der Waals surface area contributed by atoms with Crippen molar-refractivity contribution >= 4 is 28.6 Å².